The number of hydrogen-bond donors (Lipinski definition) is 2. The molecule has 0 saturated carbocycles. The van der Waals surface area contributed by atoms with Crippen LogP contribution in [0.5, 0.6) is 0 Å². The van der Waals surface area contributed by atoms with Gasteiger partial charge < -0.3 is 5.73 Å². The van der Waals surface area contributed by atoms with Gasteiger partial charge >= 0.3 is 5.69 Å². The smallest absolute Gasteiger partial charge is 0.329 e. The van der Waals surface area contributed by atoms with E-state index in [-0.39, 0.29) is 11.4 Å². The zero-order chi connectivity index (χ0) is 16.6. The predicted octanol–water partition coefficient (Wildman–Crippen LogP) is 2.24. The van der Waals surface area contributed by atoms with Gasteiger partial charge in [0, 0.05) is 17.5 Å². The van der Waals surface area contributed by atoms with Crippen LogP contribution in [-0.2, 0) is 6.54 Å². The van der Waals surface area contributed by atoms with E-state index in [4.69, 9.17) is 5.73 Å². The van der Waals surface area contributed by atoms with Crippen LogP contribution in [-0.4, -0.2) is 14.5 Å². The quantitative estimate of drug-likeness (QED) is 0.771. The Balaban J connectivity index is 2.17. The van der Waals surface area contributed by atoms with Crippen molar-refractivity contribution in [1.82, 2.24) is 14.5 Å². The lowest BCUT2D eigenvalue weighted by atomic mass is 10.1. The van der Waals surface area contributed by atoms with Gasteiger partial charge in [0.1, 0.15) is 16.4 Å². The van der Waals surface area contributed by atoms with Crippen molar-refractivity contribution in [3.8, 4) is 21.8 Å². The van der Waals surface area contributed by atoms with Gasteiger partial charge in [-0.3, -0.25) is 14.3 Å². The molecule has 0 aliphatic heterocycles. The van der Waals surface area contributed by atoms with Gasteiger partial charge in [-0.25, -0.2) is 9.78 Å². The lowest BCUT2D eigenvalue weighted by Crippen LogP contribution is -2.32. The Morgan fingerprint density at radius 2 is 2.04 bits per heavy atom. The molecule has 0 fully saturated rings. The van der Waals surface area contributed by atoms with Crippen molar-refractivity contribution in [2.45, 2.75) is 20.4 Å². The third kappa shape index (κ3) is 2.59. The zero-order valence-corrected chi connectivity index (χ0v) is 13.6. The fourth-order valence-electron chi connectivity index (χ4n) is 2.47. The number of H-pyrrole nitrogens is 1. The molecule has 0 saturated heterocycles. The highest BCUT2D eigenvalue weighted by molar-refractivity contribution is 7.13. The summed E-state index contributed by atoms with van der Waals surface area (Å²) in [6, 6.07) is 7.91. The monoisotopic (exact) mass is 328 g/mol. The maximum atomic E-state index is 12.2. The molecule has 0 bridgehead atoms. The molecule has 2 heterocycles. The van der Waals surface area contributed by atoms with E-state index in [0.717, 1.165) is 16.1 Å². The van der Waals surface area contributed by atoms with Crippen molar-refractivity contribution in [1.29, 1.82) is 0 Å². The van der Waals surface area contributed by atoms with E-state index in [1.54, 1.807) is 12.3 Å². The van der Waals surface area contributed by atoms with Gasteiger partial charge in [-0.1, -0.05) is 24.3 Å². The van der Waals surface area contributed by atoms with E-state index in [0.29, 0.717) is 12.2 Å². The van der Waals surface area contributed by atoms with Crippen LogP contribution in [0.15, 0.2) is 39.2 Å². The summed E-state index contributed by atoms with van der Waals surface area (Å²) in [6.07, 6.45) is 0. The molecule has 3 N–H and O–H groups in total. The molecular weight excluding hydrogens is 312 g/mol. The summed E-state index contributed by atoms with van der Waals surface area (Å²) >= 11 is 1.44. The summed E-state index contributed by atoms with van der Waals surface area (Å²) in [6.45, 7) is 4.18. The Morgan fingerprint density at radius 3 is 2.74 bits per heavy atom. The molecule has 0 aliphatic rings. The zero-order valence-electron chi connectivity index (χ0n) is 12.8. The third-order valence-corrected chi connectivity index (χ3v) is 4.57. The van der Waals surface area contributed by atoms with Gasteiger partial charge in [0.2, 0.25) is 0 Å². The fourth-order valence-corrected chi connectivity index (χ4v) is 3.38. The first-order valence-electron chi connectivity index (χ1n) is 7.17. The van der Waals surface area contributed by atoms with E-state index in [1.807, 2.05) is 31.2 Å². The summed E-state index contributed by atoms with van der Waals surface area (Å²) in [5.74, 6) is 0.142. The minimum absolute atomic E-state index is 0.142. The molecule has 2 aromatic heterocycles. The number of aromatic nitrogens is 3. The highest BCUT2D eigenvalue weighted by atomic mass is 32.1. The van der Waals surface area contributed by atoms with Crippen molar-refractivity contribution in [3.05, 3.63) is 56.0 Å². The van der Waals surface area contributed by atoms with Gasteiger partial charge in [-0.2, -0.15) is 0 Å². The molecule has 0 amide bonds. The van der Waals surface area contributed by atoms with Crippen LogP contribution in [0.3, 0.4) is 0 Å². The number of aryl methyl sites for hydroxylation is 1. The minimum Gasteiger partial charge on any atom is -0.384 e. The standard InChI is InChI=1S/C16H16N4O2S/c1-3-20-13(17)12(14(21)19-16(20)22)11-8-23-15(18-11)10-7-5-4-6-9(10)2/h4-8H,3,17H2,1-2H3,(H,19,21,22). The average Bonchev–Trinajstić information content (AvgIpc) is 2.97. The number of nitrogens with two attached hydrogens (primary N) is 1. The topological polar surface area (TPSA) is 93.8 Å². The normalized spacial score (nSPS) is 10.9. The molecule has 23 heavy (non-hydrogen) atoms. The first-order chi connectivity index (χ1) is 11.0. The van der Waals surface area contributed by atoms with Crippen molar-refractivity contribution in [3.63, 3.8) is 0 Å². The minimum atomic E-state index is -0.515. The van der Waals surface area contributed by atoms with Crippen LogP contribution in [0.25, 0.3) is 21.8 Å². The highest BCUT2D eigenvalue weighted by Gasteiger charge is 2.17. The van der Waals surface area contributed by atoms with Gasteiger partial charge in [0.05, 0.1) is 5.69 Å². The summed E-state index contributed by atoms with van der Waals surface area (Å²) in [5, 5.41) is 2.60. The fraction of sp³-hybridized carbons (Fsp3) is 0.188. The summed E-state index contributed by atoms with van der Waals surface area (Å²) in [4.78, 5) is 30.8. The number of nitrogens with zero attached hydrogens (tertiary/aromatic N) is 2. The molecule has 118 valence electrons. The second kappa shape index (κ2) is 5.85. The van der Waals surface area contributed by atoms with Gasteiger partial charge in [-0.05, 0) is 19.4 Å². The second-order valence-corrected chi connectivity index (χ2v) is 5.97. The Morgan fingerprint density at radius 1 is 1.30 bits per heavy atom. The largest absolute Gasteiger partial charge is 0.384 e. The van der Waals surface area contributed by atoms with Crippen LogP contribution < -0.4 is 17.0 Å². The Kier molecular flexibility index (Phi) is 3.87. The molecule has 1 aromatic carbocycles. The average molecular weight is 328 g/mol. The number of thiazole rings is 1. The van der Waals surface area contributed by atoms with E-state index in [9.17, 15) is 9.59 Å². The number of nitrogen functional groups attached to an aromatic ring is 1. The lowest BCUT2D eigenvalue weighted by Gasteiger charge is -2.08. The molecule has 7 heteroatoms. The lowest BCUT2D eigenvalue weighted by molar-refractivity contribution is 0.706. The van der Waals surface area contributed by atoms with Crippen LogP contribution in [0.2, 0.25) is 0 Å². The highest BCUT2D eigenvalue weighted by Crippen LogP contribution is 2.30. The number of nitrogens with one attached hydrogen (secondary N) is 1. The first-order valence-corrected chi connectivity index (χ1v) is 8.05. The Bertz CT molecular complexity index is 984. The van der Waals surface area contributed by atoms with E-state index >= 15 is 0 Å². The number of hydrogen-bond acceptors (Lipinski definition) is 5. The molecule has 0 unspecified atom stereocenters. The second-order valence-electron chi connectivity index (χ2n) is 5.12. The van der Waals surface area contributed by atoms with Gasteiger partial charge in [0.25, 0.3) is 5.56 Å². The SMILES string of the molecule is CCn1c(N)c(-c2csc(-c3ccccc3C)n2)c(=O)[nH]c1=O. The van der Waals surface area contributed by atoms with E-state index in [2.05, 4.69) is 9.97 Å². The van der Waals surface area contributed by atoms with Crippen LogP contribution in [0, 0.1) is 6.92 Å². The van der Waals surface area contributed by atoms with Crippen LogP contribution in [0.1, 0.15) is 12.5 Å². The first kappa shape index (κ1) is 15.2. The van der Waals surface area contributed by atoms with Gasteiger partial charge in [-0.15, -0.1) is 11.3 Å². The van der Waals surface area contributed by atoms with E-state index in [1.165, 1.54) is 15.9 Å². The number of rotatable bonds is 3. The molecule has 3 aromatic rings. The summed E-state index contributed by atoms with van der Waals surface area (Å²) in [5.41, 5.74) is 7.83. The van der Waals surface area contributed by atoms with Crippen molar-refractivity contribution in [2.24, 2.45) is 0 Å². The molecular formula is C16H16N4O2S. The molecule has 3 rings (SSSR count). The Labute approximate surface area is 136 Å². The molecule has 0 spiro atoms. The van der Waals surface area contributed by atoms with Crippen molar-refractivity contribution in [2.75, 3.05) is 5.73 Å². The number of anilines is 1. The van der Waals surface area contributed by atoms with Crippen molar-refractivity contribution < 1.29 is 0 Å². The predicted molar refractivity (Wildman–Crippen MR) is 92.7 cm³/mol. The van der Waals surface area contributed by atoms with Crippen molar-refractivity contribution >= 4 is 17.2 Å². The van der Waals surface area contributed by atoms with Crippen LogP contribution >= 0.6 is 11.3 Å². The number of benzene rings is 1. The van der Waals surface area contributed by atoms with Gasteiger partial charge in [0.15, 0.2) is 0 Å². The Hall–Kier alpha value is -2.67. The van der Waals surface area contributed by atoms with Crippen LogP contribution in [0.4, 0.5) is 5.82 Å². The third-order valence-electron chi connectivity index (χ3n) is 3.69. The summed E-state index contributed by atoms with van der Waals surface area (Å²) < 4.78 is 1.32. The van der Waals surface area contributed by atoms with E-state index < -0.39 is 11.2 Å². The molecule has 0 radical (unpaired) electrons. The summed E-state index contributed by atoms with van der Waals surface area (Å²) in [7, 11) is 0. The molecule has 0 atom stereocenters. The maximum Gasteiger partial charge on any atom is 0.329 e. The maximum absolute atomic E-state index is 12.2. The molecule has 6 nitrogen and oxygen atoms in total. The molecule has 0 aliphatic carbocycles. The number of aromatic amines is 1.